The summed E-state index contributed by atoms with van der Waals surface area (Å²) in [6.07, 6.45) is 2.85. The molecule has 0 saturated carbocycles. The first-order valence-electron chi connectivity index (χ1n) is 5.87. The van der Waals surface area contributed by atoms with Crippen LogP contribution in [0.25, 0.3) is 0 Å². The van der Waals surface area contributed by atoms with Gasteiger partial charge in [-0.2, -0.15) is 0 Å². The van der Waals surface area contributed by atoms with Gasteiger partial charge in [0.05, 0.1) is 0 Å². The lowest BCUT2D eigenvalue weighted by Gasteiger charge is -2.25. The van der Waals surface area contributed by atoms with Gasteiger partial charge in [0.25, 0.3) is 0 Å². The van der Waals surface area contributed by atoms with E-state index < -0.39 is 0 Å². The fraction of sp³-hybridized carbons (Fsp3) is 0.308. The van der Waals surface area contributed by atoms with Crippen molar-refractivity contribution in [3.05, 3.63) is 46.2 Å². The van der Waals surface area contributed by atoms with Crippen LogP contribution in [0.3, 0.4) is 0 Å². The van der Waals surface area contributed by atoms with E-state index in [-0.39, 0.29) is 11.9 Å². The summed E-state index contributed by atoms with van der Waals surface area (Å²) >= 11 is 3.45. The molecule has 0 radical (unpaired) electrons. The predicted molar refractivity (Wildman–Crippen MR) is 73.4 cm³/mol. The van der Waals surface area contributed by atoms with E-state index in [4.69, 9.17) is 0 Å². The Bertz CT molecular complexity index is 528. The van der Waals surface area contributed by atoms with Crippen LogP contribution < -0.4 is 5.32 Å². The van der Waals surface area contributed by atoms with Crippen molar-refractivity contribution in [1.29, 1.82) is 0 Å². The van der Waals surface area contributed by atoms with Gasteiger partial charge in [0, 0.05) is 29.1 Å². The standard InChI is InChI=1S/C13H13FN2S2/c14-9-1-2-12-10(7-9)11(3-5-17-12)16-8-13-15-4-6-18-13/h1-2,4,6-7,11,16H,3,5,8H2. The molecular formula is C13H13FN2S2. The lowest BCUT2D eigenvalue weighted by atomic mass is 10.0. The minimum Gasteiger partial charge on any atom is -0.303 e. The van der Waals surface area contributed by atoms with Gasteiger partial charge in [-0.05, 0) is 35.9 Å². The normalized spacial score (nSPS) is 18.6. The molecule has 18 heavy (non-hydrogen) atoms. The van der Waals surface area contributed by atoms with Crippen molar-refractivity contribution in [3.8, 4) is 0 Å². The van der Waals surface area contributed by atoms with Crippen LogP contribution in [0.1, 0.15) is 23.0 Å². The zero-order chi connectivity index (χ0) is 12.4. The van der Waals surface area contributed by atoms with E-state index in [1.165, 1.54) is 11.0 Å². The Labute approximate surface area is 114 Å². The van der Waals surface area contributed by atoms with Crippen LogP contribution >= 0.6 is 23.1 Å². The lowest BCUT2D eigenvalue weighted by molar-refractivity contribution is 0.504. The topological polar surface area (TPSA) is 24.9 Å². The van der Waals surface area contributed by atoms with Crippen molar-refractivity contribution < 1.29 is 4.39 Å². The van der Waals surface area contributed by atoms with Gasteiger partial charge >= 0.3 is 0 Å². The highest BCUT2D eigenvalue weighted by Crippen LogP contribution is 2.36. The van der Waals surface area contributed by atoms with Gasteiger partial charge in [-0.1, -0.05) is 0 Å². The van der Waals surface area contributed by atoms with E-state index in [1.807, 2.05) is 17.6 Å². The van der Waals surface area contributed by atoms with E-state index in [0.29, 0.717) is 0 Å². The Balaban J connectivity index is 1.76. The average molecular weight is 280 g/mol. The van der Waals surface area contributed by atoms with E-state index in [1.54, 1.807) is 29.2 Å². The van der Waals surface area contributed by atoms with Gasteiger partial charge in [-0.3, -0.25) is 0 Å². The van der Waals surface area contributed by atoms with E-state index in [2.05, 4.69) is 10.3 Å². The minimum atomic E-state index is -0.155. The zero-order valence-electron chi connectivity index (χ0n) is 9.73. The third-order valence-electron chi connectivity index (χ3n) is 2.99. The monoisotopic (exact) mass is 280 g/mol. The SMILES string of the molecule is Fc1ccc2c(c1)C(NCc1nccs1)CCS2. The van der Waals surface area contributed by atoms with Gasteiger partial charge < -0.3 is 5.32 Å². The highest BCUT2D eigenvalue weighted by atomic mass is 32.2. The molecule has 0 bridgehead atoms. The Morgan fingerprint density at radius 3 is 3.22 bits per heavy atom. The molecule has 1 aromatic carbocycles. The first kappa shape index (κ1) is 12.1. The Kier molecular flexibility index (Phi) is 3.63. The highest BCUT2D eigenvalue weighted by Gasteiger charge is 2.20. The second kappa shape index (κ2) is 5.38. The summed E-state index contributed by atoms with van der Waals surface area (Å²) in [5, 5.41) is 6.52. The van der Waals surface area contributed by atoms with Crippen LogP contribution in [0.4, 0.5) is 4.39 Å². The molecular weight excluding hydrogens is 267 g/mol. The largest absolute Gasteiger partial charge is 0.303 e. The van der Waals surface area contributed by atoms with Crippen LogP contribution in [0, 0.1) is 5.82 Å². The highest BCUT2D eigenvalue weighted by molar-refractivity contribution is 7.99. The number of nitrogens with one attached hydrogen (secondary N) is 1. The molecule has 1 aromatic heterocycles. The molecule has 5 heteroatoms. The second-order valence-corrected chi connectivity index (χ2v) is 6.29. The molecule has 94 valence electrons. The molecule has 0 spiro atoms. The van der Waals surface area contributed by atoms with Gasteiger partial charge in [0.2, 0.25) is 0 Å². The fourth-order valence-electron chi connectivity index (χ4n) is 2.13. The summed E-state index contributed by atoms with van der Waals surface area (Å²) < 4.78 is 13.3. The molecule has 2 nitrogen and oxygen atoms in total. The quantitative estimate of drug-likeness (QED) is 0.929. The third kappa shape index (κ3) is 2.58. The lowest BCUT2D eigenvalue weighted by Crippen LogP contribution is -2.24. The summed E-state index contributed by atoms with van der Waals surface area (Å²) in [5.41, 5.74) is 1.09. The number of nitrogens with zero attached hydrogens (tertiary/aromatic N) is 1. The molecule has 0 amide bonds. The molecule has 0 fully saturated rings. The summed E-state index contributed by atoms with van der Waals surface area (Å²) in [5.74, 6) is 0.922. The van der Waals surface area contributed by atoms with Crippen LogP contribution in [0.15, 0.2) is 34.7 Å². The zero-order valence-corrected chi connectivity index (χ0v) is 11.4. The number of benzene rings is 1. The number of fused-ring (bicyclic) bond motifs is 1. The Hall–Kier alpha value is -0.910. The molecule has 1 atom stereocenters. The minimum absolute atomic E-state index is 0.155. The number of aromatic nitrogens is 1. The van der Waals surface area contributed by atoms with Crippen molar-refractivity contribution >= 4 is 23.1 Å². The maximum absolute atomic E-state index is 13.3. The molecule has 0 aliphatic carbocycles. The van der Waals surface area contributed by atoms with E-state index in [9.17, 15) is 4.39 Å². The van der Waals surface area contributed by atoms with Gasteiger partial charge in [0.1, 0.15) is 10.8 Å². The molecule has 0 saturated heterocycles. The molecule has 2 heterocycles. The first-order valence-corrected chi connectivity index (χ1v) is 7.73. The third-order valence-corrected chi connectivity index (χ3v) is 4.90. The van der Waals surface area contributed by atoms with Crippen LogP contribution in [-0.2, 0) is 6.54 Å². The second-order valence-electron chi connectivity index (χ2n) is 4.18. The summed E-state index contributed by atoms with van der Waals surface area (Å²) in [6.45, 7) is 0.753. The van der Waals surface area contributed by atoms with Crippen LogP contribution in [0.5, 0.6) is 0 Å². The van der Waals surface area contributed by atoms with Crippen molar-refractivity contribution in [2.24, 2.45) is 0 Å². The van der Waals surface area contributed by atoms with Crippen LogP contribution in [-0.4, -0.2) is 10.7 Å². The molecule has 1 unspecified atom stereocenters. The van der Waals surface area contributed by atoms with E-state index >= 15 is 0 Å². The number of hydrogen-bond donors (Lipinski definition) is 1. The molecule has 2 aromatic rings. The molecule has 3 rings (SSSR count). The van der Waals surface area contributed by atoms with Gasteiger partial charge in [-0.15, -0.1) is 23.1 Å². The van der Waals surface area contributed by atoms with E-state index in [0.717, 1.165) is 29.3 Å². The maximum atomic E-state index is 13.3. The maximum Gasteiger partial charge on any atom is 0.123 e. The first-order chi connectivity index (χ1) is 8.83. The molecule has 1 N–H and O–H groups in total. The fourth-order valence-corrected chi connectivity index (χ4v) is 3.80. The molecule has 1 aliphatic heterocycles. The molecule has 1 aliphatic rings. The smallest absolute Gasteiger partial charge is 0.123 e. The summed E-state index contributed by atoms with van der Waals surface area (Å²) in [4.78, 5) is 5.44. The Morgan fingerprint density at radius 2 is 2.39 bits per heavy atom. The van der Waals surface area contributed by atoms with Crippen molar-refractivity contribution in [3.63, 3.8) is 0 Å². The number of thioether (sulfide) groups is 1. The summed E-state index contributed by atoms with van der Waals surface area (Å²) in [7, 11) is 0. The van der Waals surface area contributed by atoms with Crippen molar-refractivity contribution in [2.75, 3.05) is 5.75 Å². The van der Waals surface area contributed by atoms with Crippen molar-refractivity contribution in [2.45, 2.75) is 23.9 Å². The van der Waals surface area contributed by atoms with Crippen molar-refractivity contribution in [1.82, 2.24) is 10.3 Å². The number of halogens is 1. The number of thiazole rings is 1. The average Bonchev–Trinajstić information content (AvgIpc) is 2.89. The Morgan fingerprint density at radius 1 is 1.44 bits per heavy atom. The number of rotatable bonds is 3. The predicted octanol–water partition coefficient (Wildman–Crippen LogP) is 3.61. The van der Waals surface area contributed by atoms with Crippen LogP contribution in [0.2, 0.25) is 0 Å². The van der Waals surface area contributed by atoms with Gasteiger partial charge in [-0.25, -0.2) is 9.37 Å². The number of hydrogen-bond acceptors (Lipinski definition) is 4. The van der Waals surface area contributed by atoms with Gasteiger partial charge in [0.15, 0.2) is 0 Å². The summed E-state index contributed by atoms with van der Waals surface area (Å²) in [6, 6.07) is 5.31.